The zero-order valence-electron chi connectivity index (χ0n) is 18.6. The van der Waals surface area contributed by atoms with Gasteiger partial charge in [-0.2, -0.15) is 9.78 Å². The van der Waals surface area contributed by atoms with Crippen LogP contribution in [0.1, 0.15) is 53.0 Å². The first-order valence-corrected chi connectivity index (χ1v) is 10.4. The van der Waals surface area contributed by atoms with Crippen LogP contribution in [0.2, 0.25) is 0 Å². The summed E-state index contributed by atoms with van der Waals surface area (Å²) < 4.78 is 2.23. The van der Waals surface area contributed by atoms with Crippen molar-refractivity contribution in [1.82, 2.24) is 19.7 Å². The van der Waals surface area contributed by atoms with Crippen LogP contribution in [-0.2, 0) is 6.54 Å². The van der Waals surface area contributed by atoms with Crippen molar-refractivity contribution in [1.29, 1.82) is 0 Å². The smallest absolute Gasteiger partial charge is 0.348 e. The molecule has 0 saturated carbocycles. The molecule has 7 heteroatoms. The molecule has 0 saturated heterocycles. The Kier molecular flexibility index (Phi) is 6.53. The van der Waals surface area contributed by atoms with E-state index < -0.39 is 17.2 Å². The van der Waals surface area contributed by atoms with Gasteiger partial charge in [0.05, 0.1) is 12.2 Å². The van der Waals surface area contributed by atoms with Crippen molar-refractivity contribution in [3.05, 3.63) is 91.3 Å². The summed E-state index contributed by atoms with van der Waals surface area (Å²) in [5, 5.41) is 6.97. The quantitative estimate of drug-likeness (QED) is 0.664. The van der Waals surface area contributed by atoms with Crippen molar-refractivity contribution >= 4 is 5.91 Å². The lowest BCUT2D eigenvalue weighted by atomic mass is 10.1. The number of carbonyl (C=O) groups excluding carboxylic acids is 1. The van der Waals surface area contributed by atoms with Crippen LogP contribution in [0.25, 0.3) is 5.69 Å². The van der Waals surface area contributed by atoms with E-state index in [1.165, 1.54) is 0 Å². The highest BCUT2D eigenvalue weighted by molar-refractivity contribution is 5.91. The molecule has 0 bridgehead atoms. The van der Waals surface area contributed by atoms with Crippen molar-refractivity contribution in [2.75, 3.05) is 0 Å². The molecule has 1 amide bonds. The maximum atomic E-state index is 13.3. The highest BCUT2D eigenvalue weighted by Gasteiger charge is 2.21. The molecule has 1 unspecified atom stereocenters. The minimum atomic E-state index is -0.699. The molecule has 1 heterocycles. The lowest BCUT2D eigenvalue weighted by molar-refractivity contribution is 0.0929. The van der Waals surface area contributed by atoms with E-state index in [0.717, 1.165) is 31.5 Å². The Balaban J connectivity index is 2.24. The number of hydrogen-bond acceptors (Lipinski definition) is 4. The van der Waals surface area contributed by atoms with E-state index in [4.69, 9.17) is 0 Å². The van der Waals surface area contributed by atoms with E-state index in [1.807, 2.05) is 65.0 Å². The maximum Gasteiger partial charge on any atom is 0.352 e. The van der Waals surface area contributed by atoms with Gasteiger partial charge in [-0.25, -0.2) is 4.79 Å². The van der Waals surface area contributed by atoms with E-state index in [-0.39, 0.29) is 18.3 Å². The van der Waals surface area contributed by atoms with Crippen LogP contribution in [0.5, 0.6) is 0 Å². The second-order valence-electron chi connectivity index (χ2n) is 7.99. The van der Waals surface area contributed by atoms with Crippen molar-refractivity contribution in [3.63, 3.8) is 0 Å². The first-order valence-electron chi connectivity index (χ1n) is 10.4. The van der Waals surface area contributed by atoms with Gasteiger partial charge in [0.2, 0.25) is 5.69 Å². The third-order valence-electron chi connectivity index (χ3n) is 5.31. The van der Waals surface area contributed by atoms with Crippen molar-refractivity contribution < 1.29 is 4.79 Å². The standard InChI is InChI=1S/C24H28N4O3/c1-6-18(5)25-22(29)21-23(30)27(14-19-10-8-7-9-17(19)4)24(31)28(26-21)20-12-15(2)11-16(3)13-20/h7-13,18H,6,14H2,1-5H3,(H,25,29). The molecule has 1 atom stereocenters. The summed E-state index contributed by atoms with van der Waals surface area (Å²) in [6, 6.07) is 13.0. The van der Waals surface area contributed by atoms with Crippen molar-refractivity contribution in [2.24, 2.45) is 0 Å². The molecule has 7 nitrogen and oxygen atoms in total. The van der Waals surface area contributed by atoms with E-state index in [1.54, 1.807) is 12.1 Å². The molecule has 2 aromatic carbocycles. The Labute approximate surface area is 181 Å². The fourth-order valence-corrected chi connectivity index (χ4v) is 3.39. The number of amides is 1. The van der Waals surface area contributed by atoms with Crippen LogP contribution in [0, 0.1) is 20.8 Å². The second kappa shape index (κ2) is 9.12. The van der Waals surface area contributed by atoms with Crippen LogP contribution in [0.3, 0.4) is 0 Å². The fraction of sp³-hybridized carbons (Fsp3) is 0.333. The number of nitrogens with zero attached hydrogens (tertiary/aromatic N) is 3. The third-order valence-corrected chi connectivity index (χ3v) is 5.31. The van der Waals surface area contributed by atoms with E-state index in [2.05, 4.69) is 10.4 Å². The van der Waals surface area contributed by atoms with Gasteiger partial charge in [0.1, 0.15) is 0 Å². The Morgan fingerprint density at radius 3 is 2.32 bits per heavy atom. The van der Waals surface area contributed by atoms with Gasteiger partial charge in [-0.3, -0.25) is 14.2 Å². The number of rotatable bonds is 6. The number of hydrogen-bond donors (Lipinski definition) is 1. The molecule has 3 rings (SSSR count). The van der Waals surface area contributed by atoms with Crippen molar-refractivity contribution in [3.8, 4) is 5.69 Å². The van der Waals surface area contributed by atoms with Gasteiger partial charge >= 0.3 is 5.69 Å². The van der Waals surface area contributed by atoms with Crippen LogP contribution in [-0.4, -0.2) is 26.3 Å². The number of carbonyl (C=O) groups is 1. The van der Waals surface area contributed by atoms with Gasteiger partial charge in [-0.15, -0.1) is 0 Å². The summed E-state index contributed by atoms with van der Waals surface area (Å²) in [5.74, 6) is -0.587. The first kappa shape index (κ1) is 22.2. The molecule has 0 fully saturated rings. The topological polar surface area (TPSA) is 86.0 Å². The zero-order chi connectivity index (χ0) is 22.7. The molecule has 0 aliphatic heterocycles. The average molecular weight is 421 g/mol. The van der Waals surface area contributed by atoms with E-state index in [9.17, 15) is 14.4 Å². The highest BCUT2D eigenvalue weighted by atomic mass is 16.2. The summed E-state index contributed by atoms with van der Waals surface area (Å²) in [5.41, 5.74) is 2.61. The Bertz CT molecular complexity index is 1220. The summed E-state index contributed by atoms with van der Waals surface area (Å²) >= 11 is 0. The van der Waals surface area contributed by atoms with Crippen LogP contribution >= 0.6 is 0 Å². The highest BCUT2D eigenvalue weighted by Crippen LogP contribution is 2.12. The summed E-state index contributed by atoms with van der Waals surface area (Å²) in [7, 11) is 0. The molecule has 3 aromatic rings. The van der Waals surface area contributed by atoms with E-state index in [0.29, 0.717) is 12.1 Å². The molecular formula is C24H28N4O3. The monoisotopic (exact) mass is 420 g/mol. The lowest BCUT2D eigenvalue weighted by Crippen LogP contribution is -2.47. The number of nitrogens with one attached hydrogen (secondary N) is 1. The lowest BCUT2D eigenvalue weighted by Gasteiger charge is -2.15. The SMILES string of the molecule is CCC(C)NC(=O)c1nn(-c2cc(C)cc(C)c2)c(=O)n(Cc2ccccc2C)c1=O. The molecule has 0 aliphatic rings. The molecule has 31 heavy (non-hydrogen) atoms. The van der Waals surface area contributed by atoms with Crippen LogP contribution in [0.4, 0.5) is 0 Å². The molecule has 1 aromatic heterocycles. The fourth-order valence-electron chi connectivity index (χ4n) is 3.39. The first-order chi connectivity index (χ1) is 14.7. The van der Waals surface area contributed by atoms with Crippen LogP contribution < -0.4 is 16.6 Å². The predicted molar refractivity (Wildman–Crippen MR) is 121 cm³/mol. The Hall–Kier alpha value is -3.48. The van der Waals surface area contributed by atoms with Gasteiger partial charge in [-0.1, -0.05) is 37.3 Å². The number of benzene rings is 2. The minimum Gasteiger partial charge on any atom is -0.348 e. The molecule has 1 N–H and O–H groups in total. The van der Waals surface area contributed by atoms with Gasteiger partial charge in [0, 0.05) is 6.04 Å². The number of aromatic nitrogens is 3. The minimum absolute atomic E-state index is 0.0568. The third kappa shape index (κ3) is 4.82. The molecule has 0 aliphatic carbocycles. The normalized spacial score (nSPS) is 11.9. The molecule has 162 valence electrons. The molecule has 0 radical (unpaired) electrons. The maximum absolute atomic E-state index is 13.3. The number of aryl methyl sites for hydroxylation is 3. The Morgan fingerprint density at radius 2 is 1.71 bits per heavy atom. The summed E-state index contributed by atoms with van der Waals surface area (Å²) in [6.07, 6.45) is 0.708. The molecular weight excluding hydrogens is 392 g/mol. The van der Waals surface area contributed by atoms with Crippen molar-refractivity contribution in [2.45, 2.75) is 53.6 Å². The average Bonchev–Trinajstić information content (AvgIpc) is 2.71. The summed E-state index contributed by atoms with van der Waals surface area (Å²) in [4.78, 5) is 39.3. The summed E-state index contributed by atoms with van der Waals surface area (Å²) in [6.45, 7) is 9.60. The Morgan fingerprint density at radius 1 is 1.06 bits per heavy atom. The van der Waals surface area contributed by atoms with E-state index >= 15 is 0 Å². The largest absolute Gasteiger partial charge is 0.352 e. The van der Waals surface area contributed by atoms with Gasteiger partial charge in [-0.05, 0) is 68.5 Å². The van der Waals surface area contributed by atoms with Crippen LogP contribution in [0.15, 0.2) is 52.1 Å². The van der Waals surface area contributed by atoms with Gasteiger partial charge < -0.3 is 5.32 Å². The predicted octanol–water partition coefficient (Wildman–Crippen LogP) is 2.90. The van der Waals surface area contributed by atoms with Gasteiger partial charge in [0.15, 0.2) is 0 Å². The zero-order valence-corrected chi connectivity index (χ0v) is 18.6. The second-order valence-corrected chi connectivity index (χ2v) is 7.99. The van der Waals surface area contributed by atoms with Gasteiger partial charge in [0.25, 0.3) is 11.5 Å². The molecule has 0 spiro atoms.